The van der Waals surface area contributed by atoms with E-state index in [2.05, 4.69) is 39.3 Å². The highest BCUT2D eigenvalue weighted by Gasteiger charge is 2.13. The summed E-state index contributed by atoms with van der Waals surface area (Å²) in [6.07, 6.45) is 0. The lowest BCUT2D eigenvalue weighted by Gasteiger charge is -2.04. The molecule has 0 aliphatic carbocycles. The van der Waals surface area contributed by atoms with Crippen molar-refractivity contribution >= 4 is 40.7 Å². The van der Waals surface area contributed by atoms with Crippen LogP contribution in [0.4, 0.5) is 11.4 Å². The number of nitrogen functional groups attached to an aromatic ring is 2. The SMILES string of the molecule is NNc1cc(P)[nH]c1-c1[nH]c(P)cc1NN. The van der Waals surface area contributed by atoms with Crippen molar-refractivity contribution in [2.75, 3.05) is 10.9 Å². The molecule has 2 aromatic heterocycles. The van der Waals surface area contributed by atoms with Crippen molar-refractivity contribution in [1.82, 2.24) is 9.97 Å². The Labute approximate surface area is 97.3 Å². The first-order chi connectivity index (χ1) is 7.65. The number of aromatic amines is 2. The summed E-state index contributed by atoms with van der Waals surface area (Å²) in [4.78, 5) is 6.37. The van der Waals surface area contributed by atoms with E-state index in [1.807, 2.05) is 12.1 Å². The topological polar surface area (TPSA) is 108 Å². The van der Waals surface area contributed by atoms with Gasteiger partial charge in [-0.2, -0.15) is 0 Å². The lowest BCUT2D eigenvalue weighted by molar-refractivity contribution is 1.30. The second-order valence-corrected chi connectivity index (χ2v) is 4.56. The van der Waals surface area contributed by atoms with Gasteiger partial charge in [0.25, 0.3) is 0 Å². The molecule has 0 spiro atoms. The largest absolute Gasteiger partial charge is 0.352 e. The van der Waals surface area contributed by atoms with E-state index < -0.39 is 0 Å². The standard InChI is InChI=1S/C8H14N6P2/c9-13-3-1-5(15)11-7(3)8-4(14-10)2-6(16)12-8/h1-2,11-14H,9-10,15-16H2. The maximum Gasteiger partial charge on any atom is 0.0895 e. The van der Waals surface area contributed by atoms with Crippen LogP contribution in [0.25, 0.3) is 11.4 Å². The van der Waals surface area contributed by atoms with Crippen LogP contribution in [0.3, 0.4) is 0 Å². The third-order valence-corrected chi connectivity index (χ3v) is 2.86. The molecule has 0 aliphatic heterocycles. The third kappa shape index (κ3) is 1.93. The Balaban J connectivity index is 2.56. The second kappa shape index (κ2) is 4.44. The Hall–Kier alpha value is -1.06. The van der Waals surface area contributed by atoms with Gasteiger partial charge in [0.05, 0.1) is 22.8 Å². The van der Waals surface area contributed by atoms with Crippen molar-refractivity contribution < 1.29 is 0 Å². The molecule has 2 unspecified atom stereocenters. The molecule has 6 nitrogen and oxygen atoms in total. The van der Waals surface area contributed by atoms with Crippen LogP contribution in [0.1, 0.15) is 0 Å². The van der Waals surface area contributed by atoms with E-state index in [1.165, 1.54) is 0 Å². The summed E-state index contributed by atoms with van der Waals surface area (Å²) in [5, 5.41) is 0. The van der Waals surface area contributed by atoms with Crippen molar-refractivity contribution in [2.24, 2.45) is 11.7 Å². The number of anilines is 2. The van der Waals surface area contributed by atoms with Gasteiger partial charge in [-0.05, 0) is 12.1 Å². The third-order valence-electron chi connectivity index (χ3n) is 2.24. The second-order valence-electron chi connectivity index (χ2n) is 3.32. The van der Waals surface area contributed by atoms with E-state index in [0.717, 1.165) is 33.6 Å². The molecule has 0 aromatic carbocycles. The number of H-pyrrole nitrogens is 2. The molecule has 0 fully saturated rings. The Bertz CT molecular complexity index is 456. The quantitative estimate of drug-likeness (QED) is 0.255. The normalized spacial score (nSPS) is 10.5. The Kier molecular flexibility index (Phi) is 3.17. The summed E-state index contributed by atoms with van der Waals surface area (Å²) in [7, 11) is 5.16. The molecule has 8 N–H and O–H groups in total. The first-order valence-electron chi connectivity index (χ1n) is 4.56. The first kappa shape index (κ1) is 11.4. The van der Waals surface area contributed by atoms with Gasteiger partial charge in [0.1, 0.15) is 0 Å². The van der Waals surface area contributed by atoms with Gasteiger partial charge in [0.2, 0.25) is 0 Å². The number of hydrazine groups is 2. The average molecular weight is 256 g/mol. The lowest BCUT2D eigenvalue weighted by Crippen LogP contribution is -2.09. The minimum absolute atomic E-state index is 0.799. The van der Waals surface area contributed by atoms with Crippen LogP contribution < -0.4 is 33.4 Å². The molecule has 2 atom stereocenters. The highest BCUT2D eigenvalue weighted by Crippen LogP contribution is 2.29. The maximum absolute atomic E-state index is 5.45. The summed E-state index contributed by atoms with van der Waals surface area (Å²) in [5.41, 5.74) is 10.5. The fraction of sp³-hybridized carbons (Fsp3) is 0. The number of rotatable bonds is 3. The van der Waals surface area contributed by atoms with Gasteiger partial charge in [0, 0.05) is 10.9 Å². The van der Waals surface area contributed by atoms with E-state index in [1.54, 1.807) is 0 Å². The smallest absolute Gasteiger partial charge is 0.0895 e. The van der Waals surface area contributed by atoms with E-state index in [-0.39, 0.29) is 0 Å². The fourth-order valence-electron chi connectivity index (χ4n) is 1.57. The van der Waals surface area contributed by atoms with Crippen molar-refractivity contribution in [2.45, 2.75) is 0 Å². The number of hydrogen-bond donors (Lipinski definition) is 6. The summed E-state index contributed by atoms with van der Waals surface area (Å²) in [6, 6.07) is 3.78. The molecule has 2 heterocycles. The van der Waals surface area contributed by atoms with E-state index in [0.29, 0.717) is 0 Å². The lowest BCUT2D eigenvalue weighted by atomic mass is 10.2. The summed E-state index contributed by atoms with van der Waals surface area (Å²) in [6.45, 7) is 0. The molecule has 0 saturated heterocycles. The number of nitrogens with one attached hydrogen (secondary N) is 4. The molecular weight excluding hydrogens is 242 g/mol. The Morgan fingerprint density at radius 3 is 1.56 bits per heavy atom. The van der Waals surface area contributed by atoms with Crippen LogP contribution in [-0.2, 0) is 0 Å². The zero-order chi connectivity index (χ0) is 11.7. The predicted octanol–water partition coefficient (Wildman–Crippen LogP) is -0.418. The first-order valence-corrected chi connectivity index (χ1v) is 5.71. The Morgan fingerprint density at radius 1 is 0.875 bits per heavy atom. The van der Waals surface area contributed by atoms with Crippen LogP contribution in [0, 0.1) is 0 Å². The van der Waals surface area contributed by atoms with Crippen LogP contribution in [0.2, 0.25) is 0 Å². The number of aromatic nitrogens is 2. The summed E-state index contributed by atoms with van der Waals surface area (Å²) < 4.78 is 0. The minimum atomic E-state index is 0.799. The monoisotopic (exact) mass is 256 g/mol. The van der Waals surface area contributed by atoms with Crippen LogP contribution in [0.5, 0.6) is 0 Å². The maximum atomic E-state index is 5.45. The van der Waals surface area contributed by atoms with Gasteiger partial charge in [-0.25, -0.2) is 0 Å². The van der Waals surface area contributed by atoms with E-state index in [9.17, 15) is 0 Å². The molecule has 0 radical (unpaired) electrons. The van der Waals surface area contributed by atoms with Crippen molar-refractivity contribution in [3.05, 3.63) is 12.1 Å². The summed E-state index contributed by atoms with van der Waals surface area (Å²) >= 11 is 0. The molecule has 0 bridgehead atoms. The molecule has 86 valence electrons. The van der Waals surface area contributed by atoms with Crippen molar-refractivity contribution in [3.63, 3.8) is 0 Å². The van der Waals surface area contributed by atoms with E-state index in [4.69, 9.17) is 11.7 Å². The molecule has 0 saturated carbocycles. The molecule has 8 heteroatoms. The molecule has 0 aliphatic rings. The van der Waals surface area contributed by atoms with Crippen LogP contribution in [0.15, 0.2) is 12.1 Å². The van der Waals surface area contributed by atoms with Crippen LogP contribution in [-0.4, -0.2) is 9.97 Å². The summed E-state index contributed by atoms with van der Waals surface area (Å²) in [5.74, 6) is 10.9. The fourth-order valence-corrected chi connectivity index (χ4v) is 2.19. The highest BCUT2D eigenvalue weighted by atomic mass is 31.0. The minimum Gasteiger partial charge on any atom is -0.352 e. The van der Waals surface area contributed by atoms with Gasteiger partial charge < -0.3 is 20.8 Å². The molecule has 2 rings (SSSR count). The zero-order valence-corrected chi connectivity index (χ0v) is 10.8. The van der Waals surface area contributed by atoms with E-state index >= 15 is 0 Å². The van der Waals surface area contributed by atoms with Crippen molar-refractivity contribution in [3.8, 4) is 11.4 Å². The van der Waals surface area contributed by atoms with Gasteiger partial charge in [-0.3, -0.25) is 11.7 Å². The van der Waals surface area contributed by atoms with Crippen molar-refractivity contribution in [1.29, 1.82) is 0 Å². The van der Waals surface area contributed by atoms with Gasteiger partial charge in [0.15, 0.2) is 0 Å². The van der Waals surface area contributed by atoms with Gasteiger partial charge in [-0.15, -0.1) is 0 Å². The number of hydrogen-bond acceptors (Lipinski definition) is 4. The highest BCUT2D eigenvalue weighted by molar-refractivity contribution is 7.27. The molecular formula is C8H14N6P2. The molecule has 2 aromatic rings. The number of nitrogens with two attached hydrogens (primary N) is 2. The Morgan fingerprint density at radius 2 is 1.25 bits per heavy atom. The van der Waals surface area contributed by atoms with Gasteiger partial charge >= 0.3 is 0 Å². The molecule has 0 amide bonds. The predicted molar refractivity (Wildman–Crippen MR) is 74.9 cm³/mol. The van der Waals surface area contributed by atoms with Gasteiger partial charge in [-0.1, -0.05) is 18.5 Å². The zero-order valence-electron chi connectivity index (χ0n) is 8.46. The molecule has 16 heavy (non-hydrogen) atoms. The van der Waals surface area contributed by atoms with Crippen LogP contribution >= 0.6 is 18.5 Å². The average Bonchev–Trinajstić information content (AvgIpc) is 2.80.